The van der Waals surface area contributed by atoms with Crippen LogP contribution in [-0.4, -0.2) is 18.1 Å². The van der Waals surface area contributed by atoms with Gasteiger partial charge in [-0.15, -0.1) is 0 Å². The van der Waals surface area contributed by atoms with Crippen molar-refractivity contribution in [2.24, 2.45) is 11.8 Å². The molecule has 1 fully saturated rings. The third kappa shape index (κ3) is 3.35. The number of nitrogens with zero attached hydrogens (tertiary/aromatic N) is 2. The minimum Gasteiger partial charge on any atom is -0.384 e. The Labute approximate surface area is 117 Å². The van der Waals surface area contributed by atoms with E-state index < -0.39 is 11.7 Å². The van der Waals surface area contributed by atoms with Crippen molar-refractivity contribution in [1.29, 1.82) is 0 Å². The fraction of sp³-hybridized carbons (Fsp3) is 0.643. The second kappa shape index (κ2) is 5.50. The summed E-state index contributed by atoms with van der Waals surface area (Å²) in [7, 11) is 0. The highest BCUT2D eigenvalue weighted by Gasteiger charge is 2.32. The molecule has 20 heavy (non-hydrogen) atoms. The summed E-state index contributed by atoms with van der Waals surface area (Å²) in [4.78, 5) is 5.94. The van der Waals surface area contributed by atoms with Gasteiger partial charge in [0.05, 0.1) is 5.56 Å². The van der Waals surface area contributed by atoms with Crippen molar-refractivity contribution in [3.05, 3.63) is 17.7 Å². The Morgan fingerprint density at radius 3 is 2.35 bits per heavy atom. The van der Waals surface area contributed by atoms with Crippen LogP contribution in [-0.2, 0) is 6.18 Å². The number of rotatable bonds is 2. The summed E-state index contributed by atoms with van der Waals surface area (Å²) < 4.78 is 38.3. The Morgan fingerprint density at radius 1 is 1.25 bits per heavy atom. The Morgan fingerprint density at radius 2 is 1.85 bits per heavy atom. The van der Waals surface area contributed by atoms with Gasteiger partial charge in [-0.1, -0.05) is 13.8 Å². The van der Waals surface area contributed by atoms with Crippen LogP contribution in [0.4, 0.5) is 24.8 Å². The van der Waals surface area contributed by atoms with Crippen molar-refractivity contribution in [1.82, 2.24) is 4.98 Å². The van der Waals surface area contributed by atoms with Gasteiger partial charge in [0, 0.05) is 13.1 Å². The number of hydrogen-bond acceptors (Lipinski definition) is 3. The molecule has 0 unspecified atom stereocenters. The Kier molecular flexibility index (Phi) is 4.11. The molecular formula is C14H20F3N3. The van der Waals surface area contributed by atoms with Crippen LogP contribution in [0.1, 0.15) is 32.3 Å². The molecule has 112 valence electrons. The van der Waals surface area contributed by atoms with Crippen LogP contribution in [0, 0.1) is 11.8 Å². The maximum Gasteiger partial charge on any atom is 0.416 e. The van der Waals surface area contributed by atoms with Crippen molar-refractivity contribution < 1.29 is 13.2 Å². The third-order valence-electron chi connectivity index (χ3n) is 3.97. The molecule has 0 spiro atoms. The fourth-order valence-corrected chi connectivity index (χ4v) is 2.66. The molecule has 0 saturated carbocycles. The van der Waals surface area contributed by atoms with Gasteiger partial charge in [0.15, 0.2) is 0 Å². The maximum absolute atomic E-state index is 12.8. The quantitative estimate of drug-likeness (QED) is 0.904. The normalized spacial score (nSPS) is 17.8. The zero-order valence-corrected chi connectivity index (χ0v) is 11.7. The first-order chi connectivity index (χ1) is 9.27. The molecular weight excluding hydrogens is 267 g/mol. The topological polar surface area (TPSA) is 42.1 Å². The van der Waals surface area contributed by atoms with Crippen molar-refractivity contribution in [2.45, 2.75) is 32.9 Å². The second-order valence-electron chi connectivity index (χ2n) is 5.71. The van der Waals surface area contributed by atoms with Crippen LogP contribution < -0.4 is 10.6 Å². The number of piperidine rings is 1. The Hall–Kier alpha value is -1.46. The zero-order valence-electron chi connectivity index (χ0n) is 11.7. The van der Waals surface area contributed by atoms with Crippen LogP contribution in [0.5, 0.6) is 0 Å². The molecule has 2 rings (SSSR count). The minimum absolute atomic E-state index is 0.0826. The van der Waals surface area contributed by atoms with Crippen LogP contribution in [0.3, 0.4) is 0 Å². The van der Waals surface area contributed by atoms with Crippen molar-refractivity contribution in [2.75, 3.05) is 23.7 Å². The molecule has 1 saturated heterocycles. The molecule has 6 heteroatoms. The summed E-state index contributed by atoms with van der Waals surface area (Å²) in [6, 6.07) is 1.97. The number of aromatic nitrogens is 1. The average molecular weight is 287 g/mol. The molecule has 0 atom stereocenters. The van der Waals surface area contributed by atoms with E-state index in [0.29, 0.717) is 17.7 Å². The lowest BCUT2D eigenvalue weighted by Gasteiger charge is -2.34. The molecule has 1 aliphatic heterocycles. The predicted molar refractivity (Wildman–Crippen MR) is 73.4 cm³/mol. The first-order valence-electron chi connectivity index (χ1n) is 6.87. The molecule has 1 aliphatic rings. The standard InChI is InChI=1S/C14H20F3N3/c1-9(2)10-3-5-20(6-4-10)13-8-11(14(15,16)17)7-12(18)19-13/h7-10H,3-6H2,1-2H3,(H2,18,19). The molecule has 3 nitrogen and oxygen atoms in total. The zero-order chi connectivity index (χ0) is 14.9. The Balaban J connectivity index is 2.16. The van der Waals surface area contributed by atoms with E-state index in [1.54, 1.807) is 0 Å². The number of hydrogen-bond donors (Lipinski definition) is 1. The highest BCUT2D eigenvalue weighted by Crippen LogP contribution is 2.33. The van der Waals surface area contributed by atoms with E-state index in [1.807, 2.05) is 4.90 Å². The third-order valence-corrected chi connectivity index (χ3v) is 3.97. The van der Waals surface area contributed by atoms with Gasteiger partial charge in [0.1, 0.15) is 11.6 Å². The van der Waals surface area contributed by atoms with Gasteiger partial charge in [-0.3, -0.25) is 0 Å². The summed E-state index contributed by atoms with van der Waals surface area (Å²) >= 11 is 0. The summed E-state index contributed by atoms with van der Waals surface area (Å²) in [6.07, 6.45) is -2.42. The van der Waals surface area contributed by atoms with Gasteiger partial charge >= 0.3 is 6.18 Å². The second-order valence-corrected chi connectivity index (χ2v) is 5.71. The van der Waals surface area contributed by atoms with Crippen molar-refractivity contribution in [3.8, 4) is 0 Å². The number of anilines is 2. The average Bonchev–Trinajstić information content (AvgIpc) is 2.37. The van der Waals surface area contributed by atoms with Crippen molar-refractivity contribution in [3.63, 3.8) is 0 Å². The van der Waals surface area contributed by atoms with Gasteiger partial charge < -0.3 is 10.6 Å². The Bertz CT molecular complexity index is 463. The van der Waals surface area contributed by atoms with E-state index in [2.05, 4.69) is 18.8 Å². The maximum atomic E-state index is 12.8. The molecule has 0 aliphatic carbocycles. The summed E-state index contributed by atoms with van der Waals surface area (Å²) in [5.74, 6) is 1.49. The monoisotopic (exact) mass is 287 g/mol. The number of alkyl halides is 3. The number of halogens is 3. The van der Waals surface area contributed by atoms with Crippen LogP contribution >= 0.6 is 0 Å². The summed E-state index contributed by atoms with van der Waals surface area (Å²) in [6.45, 7) is 5.83. The molecule has 1 aromatic heterocycles. The minimum atomic E-state index is -4.39. The van der Waals surface area contributed by atoms with Gasteiger partial charge in [-0.25, -0.2) is 4.98 Å². The van der Waals surface area contributed by atoms with Gasteiger partial charge in [0.25, 0.3) is 0 Å². The lowest BCUT2D eigenvalue weighted by atomic mass is 9.87. The molecule has 2 N–H and O–H groups in total. The fourth-order valence-electron chi connectivity index (χ4n) is 2.66. The highest BCUT2D eigenvalue weighted by atomic mass is 19.4. The predicted octanol–water partition coefficient (Wildman–Crippen LogP) is 3.56. The molecule has 1 aromatic rings. The smallest absolute Gasteiger partial charge is 0.384 e. The molecule has 0 bridgehead atoms. The van der Waals surface area contributed by atoms with Crippen LogP contribution in [0.2, 0.25) is 0 Å². The largest absolute Gasteiger partial charge is 0.416 e. The van der Waals surface area contributed by atoms with E-state index in [4.69, 9.17) is 5.73 Å². The summed E-state index contributed by atoms with van der Waals surface area (Å²) in [5.41, 5.74) is 4.77. The lowest BCUT2D eigenvalue weighted by molar-refractivity contribution is -0.137. The van der Waals surface area contributed by atoms with E-state index in [1.165, 1.54) is 0 Å². The number of nitrogen functional groups attached to an aromatic ring is 1. The summed E-state index contributed by atoms with van der Waals surface area (Å²) in [5, 5.41) is 0. The van der Waals surface area contributed by atoms with Crippen LogP contribution in [0.25, 0.3) is 0 Å². The number of nitrogens with two attached hydrogens (primary N) is 1. The van der Waals surface area contributed by atoms with Crippen LogP contribution in [0.15, 0.2) is 12.1 Å². The van der Waals surface area contributed by atoms with Gasteiger partial charge in [-0.05, 0) is 36.8 Å². The molecule has 2 heterocycles. The molecule has 0 aromatic carbocycles. The highest BCUT2D eigenvalue weighted by molar-refractivity contribution is 5.49. The number of pyridine rings is 1. The van der Waals surface area contributed by atoms with Crippen molar-refractivity contribution >= 4 is 11.6 Å². The first-order valence-corrected chi connectivity index (χ1v) is 6.87. The van der Waals surface area contributed by atoms with E-state index in [-0.39, 0.29) is 5.82 Å². The SMILES string of the molecule is CC(C)C1CCN(c2cc(C(F)(F)F)cc(N)n2)CC1. The van der Waals surface area contributed by atoms with E-state index in [9.17, 15) is 13.2 Å². The van der Waals surface area contributed by atoms with E-state index in [0.717, 1.165) is 38.1 Å². The lowest BCUT2D eigenvalue weighted by Crippen LogP contribution is -2.36. The molecule has 0 radical (unpaired) electrons. The molecule has 0 amide bonds. The van der Waals surface area contributed by atoms with Gasteiger partial charge in [-0.2, -0.15) is 13.2 Å². The first kappa shape index (κ1) is 14.9. The van der Waals surface area contributed by atoms with Gasteiger partial charge in [0.2, 0.25) is 0 Å². The van der Waals surface area contributed by atoms with E-state index >= 15 is 0 Å².